The molecule has 5 nitrogen and oxygen atoms in total. The minimum absolute atomic E-state index is 0.0352. The van der Waals surface area contributed by atoms with Gasteiger partial charge in [-0.2, -0.15) is 0 Å². The molecule has 1 aliphatic rings. The first-order valence-corrected chi connectivity index (χ1v) is 10.8. The molecule has 1 aromatic rings. The van der Waals surface area contributed by atoms with Gasteiger partial charge in [-0.1, -0.05) is 12.1 Å². The summed E-state index contributed by atoms with van der Waals surface area (Å²) >= 11 is 0. The lowest BCUT2D eigenvalue weighted by Gasteiger charge is -2.40. The van der Waals surface area contributed by atoms with E-state index in [-0.39, 0.29) is 11.9 Å². The van der Waals surface area contributed by atoms with Crippen LogP contribution in [0.5, 0.6) is 0 Å². The molecule has 0 bridgehead atoms. The number of benzene rings is 1. The predicted molar refractivity (Wildman–Crippen MR) is 100 cm³/mol. The highest BCUT2D eigenvalue weighted by molar-refractivity contribution is 7.90. The number of likely N-dealkylation sites (tertiary alicyclic amines) is 1. The van der Waals surface area contributed by atoms with Gasteiger partial charge in [0.1, 0.15) is 0 Å². The van der Waals surface area contributed by atoms with E-state index < -0.39 is 9.84 Å². The van der Waals surface area contributed by atoms with Crippen molar-refractivity contribution >= 4 is 15.7 Å². The summed E-state index contributed by atoms with van der Waals surface area (Å²) in [6.07, 6.45) is 4.53. The van der Waals surface area contributed by atoms with Crippen LogP contribution in [0.15, 0.2) is 29.2 Å². The Labute approximate surface area is 151 Å². The van der Waals surface area contributed by atoms with E-state index in [0.29, 0.717) is 23.5 Å². The van der Waals surface area contributed by atoms with Crippen molar-refractivity contribution in [1.29, 1.82) is 0 Å². The fourth-order valence-electron chi connectivity index (χ4n) is 3.59. The van der Waals surface area contributed by atoms with Crippen LogP contribution < -0.4 is 0 Å². The van der Waals surface area contributed by atoms with Gasteiger partial charge in [0.05, 0.1) is 11.4 Å². The number of rotatable bonds is 5. The van der Waals surface area contributed by atoms with Crippen LogP contribution in [-0.2, 0) is 14.6 Å². The molecule has 0 aliphatic carbocycles. The summed E-state index contributed by atoms with van der Waals surface area (Å²) in [5, 5.41) is 0. The zero-order chi connectivity index (χ0) is 18.8. The van der Waals surface area contributed by atoms with Crippen LogP contribution in [0.25, 0.3) is 0 Å². The Morgan fingerprint density at radius 3 is 2.20 bits per heavy atom. The molecule has 2 rings (SSSR count). The first-order valence-electron chi connectivity index (χ1n) is 8.92. The Bertz CT molecular complexity index is 690. The van der Waals surface area contributed by atoms with Gasteiger partial charge in [-0.25, -0.2) is 8.42 Å². The molecule has 25 heavy (non-hydrogen) atoms. The smallest absolute Gasteiger partial charge is 0.237 e. The second-order valence-electron chi connectivity index (χ2n) is 7.36. The van der Waals surface area contributed by atoms with Crippen LogP contribution in [0.3, 0.4) is 0 Å². The molecule has 0 radical (unpaired) electrons. The summed E-state index contributed by atoms with van der Waals surface area (Å²) < 4.78 is 23.1. The largest absolute Gasteiger partial charge is 0.336 e. The molecule has 1 fully saturated rings. The highest BCUT2D eigenvalue weighted by Crippen LogP contribution is 2.24. The van der Waals surface area contributed by atoms with E-state index in [1.807, 2.05) is 35.9 Å². The maximum atomic E-state index is 12.8. The van der Waals surface area contributed by atoms with Crippen LogP contribution in [0, 0.1) is 0 Å². The second-order valence-corrected chi connectivity index (χ2v) is 9.38. The standard InChI is InChI=1S/C19H30N2O3S/c1-14-7-6-8-15(2)21(14)19(22)13-20(4)16(3)17-9-11-18(12-10-17)25(5,23)24/h9-12,14-16H,6-8,13H2,1-5H3/t14-,15-,16-/m1/s1. The molecule has 0 spiro atoms. The van der Waals surface area contributed by atoms with E-state index >= 15 is 0 Å². The van der Waals surface area contributed by atoms with Gasteiger partial charge in [-0.3, -0.25) is 9.69 Å². The third kappa shape index (κ3) is 4.82. The minimum atomic E-state index is -3.19. The number of carbonyl (C=O) groups excluding carboxylic acids is 1. The van der Waals surface area contributed by atoms with Crippen molar-refractivity contribution in [2.45, 2.75) is 63.1 Å². The normalized spacial score (nSPS) is 22.9. The lowest BCUT2D eigenvalue weighted by Crippen LogP contribution is -2.50. The lowest BCUT2D eigenvalue weighted by molar-refractivity contribution is -0.138. The zero-order valence-electron chi connectivity index (χ0n) is 15.9. The van der Waals surface area contributed by atoms with Crippen LogP contribution in [0.2, 0.25) is 0 Å². The average molecular weight is 367 g/mol. The average Bonchev–Trinajstić information content (AvgIpc) is 2.53. The Morgan fingerprint density at radius 1 is 1.20 bits per heavy atom. The summed E-state index contributed by atoms with van der Waals surface area (Å²) in [6.45, 7) is 6.65. The SMILES string of the molecule is C[C@H](c1ccc(S(C)(=O)=O)cc1)N(C)CC(=O)N1[C@H](C)CCC[C@H]1C. The molecule has 1 aliphatic heterocycles. The summed E-state index contributed by atoms with van der Waals surface area (Å²) in [5.41, 5.74) is 1.00. The van der Waals surface area contributed by atoms with E-state index in [1.54, 1.807) is 12.1 Å². The van der Waals surface area contributed by atoms with Crippen molar-refractivity contribution in [3.63, 3.8) is 0 Å². The summed E-state index contributed by atoms with van der Waals surface area (Å²) in [6, 6.07) is 7.55. The highest BCUT2D eigenvalue weighted by atomic mass is 32.2. The van der Waals surface area contributed by atoms with E-state index in [1.165, 1.54) is 12.7 Å². The number of sulfone groups is 1. The molecule has 1 aromatic carbocycles. The van der Waals surface area contributed by atoms with E-state index in [2.05, 4.69) is 13.8 Å². The molecule has 1 heterocycles. The van der Waals surface area contributed by atoms with E-state index in [9.17, 15) is 13.2 Å². The molecule has 0 saturated carbocycles. The number of hydrogen-bond acceptors (Lipinski definition) is 4. The number of carbonyl (C=O) groups is 1. The predicted octanol–water partition coefficient (Wildman–Crippen LogP) is 2.87. The third-order valence-electron chi connectivity index (χ3n) is 5.32. The zero-order valence-corrected chi connectivity index (χ0v) is 16.7. The summed E-state index contributed by atoms with van der Waals surface area (Å²) in [4.78, 5) is 17.1. The first kappa shape index (κ1) is 19.9. The van der Waals surface area contributed by atoms with Gasteiger partial charge in [0, 0.05) is 24.4 Å². The molecule has 1 amide bonds. The Balaban J connectivity index is 2.04. The topological polar surface area (TPSA) is 57.7 Å². The van der Waals surface area contributed by atoms with Crippen molar-refractivity contribution < 1.29 is 13.2 Å². The molecule has 6 heteroatoms. The van der Waals surface area contributed by atoms with Crippen molar-refractivity contribution in [2.75, 3.05) is 19.8 Å². The maximum absolute atomic E-state index is 12.8. The van der Waals surface area contributed by atoms with Gasteiger partial charge in [-0.15, -0.1) is 0 Å². The molecule has 0 N–H and O–H groups in total. The van der Waals surface area contributed by atoms with Gasteiger partial charge in [0.25, 0.3) is 0 Å². The Hall–Kier alpha value is -1.40. The number of nitrogens with zero attached hydrogens (tertiary/aromatic N) is 2. The van der Waals surface area contributed by atoms with Gasteiger partial charge in [0.2, 0.25) is 5.91 Å². The van der Waals surface area contributed by atoms with Crippen LogP contribution in [0.1, 0.15) is 51.6 Å². The van der Waals surface area contributed by atoms with Crippen molar-refractivity contribution in [3.8, 4) is 0 Å². The fourth-order valence-corrected chi connectivity index (χ4v) is 4.22. The quantitative estimate of drug-likeness (QED) is 0.804. The molecule has 3 atom stereocenters. The number of amides is 1. The summed E-state index contributed by atoms with van der Waals surface area (Å²) in [7, 11) is -1.25. The van der Waals surface area contributed by atoms with Crippen LogP contribution in [0.4, 0.5) is 0 Å². The van der Waals surface area contributed by atoms with Gasteiger partial charge in [-0.05, 0) is 64.8 Å². The Morgan fingerprint density at radius 2 is 1.72 bits per heavy atom. The van der Waals surface area contributed by atoms with E-state index in [0.717, 1.165) is 18.4 Å². The van der Waals surface area contributed by atoms with Crippen molar-refractivity contribution in [1.82, 2.24) is 9.80 Å². The molecule has 1 saturated heterocycles. The molecular weight excluding hydrogens is 336 g/mol. The van der Waals surface area contributed by atoms with Crippen LogP contribution >= 0.6 is 0 Å². The third-order valence-corrected chi connectivity index (χ3v) is 6.45. The second kappa shape index (κ2) is 7.87. The monoisotopic (exact) mass is 366 g/mol. The summed E-state index contributed by atoms with van der Waals surface area (Å²) in [5.74, 6) is 0.168. The minimum Gasteiger partial charge on any atom is -0.336 e. The Kier molecular flexibility index (Phi) is 6.27. The first-order chi connectivity index (χ1) is 11.6. The number of likely N-dealkylation sites (N-methyl/N-ethyl adjacent to an activating group) is 1. The fraction of sp³-hybridized carbons (Fsp3) is 0.632. The molecule has 0 unspecified atom stereocenters. The van der Waals surface area contributed by atoms with E-state index in [4.69, 9.17) is 0 Å². The lowest BCUT2D eigenvalue weighted by atomic mass is 9.97. The van der Waals surface area contributed by atoms with Crippen molar-refractivity contribution in [2.24, 2.45) is 0 Å². The maximum Gasteiger partial charge on any atom is 0.237 e. The highest BCUT2D eigenvalue weighted by Gasteiger charge is 2.30. The van der Waals surface area contributed by atoms with Gasteiger partial charge >= 0.3 is 0 Å². The van der Waals surface area contributed by atoms with Crippen molar-refractivity contribution in [3.05, 3.63) is 29.8 Å². The molecule has 0 aromatic heterocycles. The van der Waals surface area contributed by atoms with Crippen LogP contribution in [-0.4, -0.2) is 56.1 Å². The molecular formula is C19H30N2O3S. The number of piperidine rings is 1. The number of hydrogen-bond donors (Lipinski definition) is 0. The molecule has 140 valence electrons. The van der Waals surface area contributed by atoms with Gasteiger partial charge in [0.15, 0.2) is 9.84 Å². The van der Waals surface area contributed by atoms with Gasteiger partial charge < -0.3 is 4.90 Å².